The van der Waals surface area contributed by atoms with E-state index in [1.54, 1.807) is 7.11 Å². The largest absolute Gasteiger partial charge is 0.497 e. The molecule has 0 aliphatic rings. The highest BCUT2D eigenvalue weighted by molar-refractivity contribution is 6.31. The first-order valence-electron chi connectivity index (χ1n) is 6.46. The van der Waals surface area contributed by atoms with Crippen molar-refractivity contribution in [1.82, 2.24) is 0 Å². The van der Waals surface area contributed by atoms with E-state index in [2.05, 4.69) is 0 Å². The highest BCUT2D eigenvalue weighted by Crippen LogP contribution is 2.25. The summed E-state index contributed by atoms with van der Waals surface area (Å²) in [6.07, 6.45) is 0. The molecule has 0 heterocycles. The molecule has 1 atom stereocenters. The monoisotopic (exact) mass is 291 g/mol. The van der Waals surface area contributed by atoms with Crippen molar-refractivity contribution in [3.8, 4) is 11.5 Å². The number of halogens is 1. The van der Waals surface area contributed by atoms with Crippen molar-refractivity contribution in [1.29, 1.82) is 0 Å². The molecule has 0 radical (unpaired) electrons. The number of hydrogen-bond acceptors (Lipinski definition) is 3. The molecule has 0 saturated heterocycles. The second-order valence-corrected chi connectivity index (χ2v) is 4.85. The van der Waals surface area contributed by atoms with Gasteiger partial charge in [-0.1, -0.05) is 35.9 Å². The molecule has 0 spiro atoms. The standard InChI is InChI=1S/C16H18ClNO2/c1-19-13-5-4-6-14(9-13)20-11-12(10-18)15-7-2-3-8-16(15)17/h2-9,12H,10-11,18H2,1H3. The SMILES string of the molecule is COc1cccc(OCC(CN)c2ccccc2Cl)c1. The highest BCUT2D eigenvalue weighted by atomic mass is 35.5. The van der Waals surface area contributed by atoms with Crippen LogP contribution in [0.2, 0.25) is 5.02 Å². The molecule has 4 heteroatoms. The lowest BCUT2D eigenvalue weighted by molar-refractivity contribution is 0.288. The van der Waals surface area contributed by atoms with E-state index in [0.29, 0.717) is 13.2 Å². The van der Waals surface area contributed by atoms with Crippen LogP contribution in [0, 0.1) is 0 Å². The Labute approximate surface area is 124 Å². The van der Waals surface area contributed by atoms with E-state index in [1.807, 2.05) is 48.5 Å². The molecule has 20 heavy (non-hydrogen) atoms. The van der Waals surface area contributed by atoms with Crippen molar-refractivity contribution in [3.05, 3.63) is 59.1 Å². The summed E-state index contributed by atoms with van der Waals surface area (Å²) in [5, 5.41) is 0.720. The molecule has 1 unspecified atom stereocenters. The Hall–Kier alpha value is -1.71. The lowest BCUT2D eigenvalue weighted by Gasteiger charge is -2.17. The van der Waals surface area contributed by atoms with Crippen LogP contribution in [0.3, 0.4) is 0 Å². The van der Waals surface area contributed by atoms with Crippen LogP contribution in [0.25, 0.3) is 0 Å². The Bertz CT molecular complexity index is 560. The molecule has 0 bridgehead atoms. The molecule has 0 aromatic heterocycles. The van der Waals surface area contributed by atoms with Crippen LogP contribution in [0.1, 0.15) is 11.5 Å². The molecule has 2 aromatic rings. The fourth-order valence-corrected chi connectivity index (χ4v) is 2.27. The summed E-state index contributed by atoms with van der Waals surface area (Å²) in [5.74, 6) is 1.59. The Morgan fingerprint density at radius 3 is 2.55 bits per heavy atom. The minimum atomic E-state index is 0.0647. The zero-order valence-electron chi connectivity index (χ0n) is 11.4. The average molecular weight is 292 g/mol. The van der Waals surface area contributed by atoms with Gasteiger partial charge in [-0.15, -0.1) is 0 Å². The first kappa shape index (κ1) is 14.7. The van der Waals surface area contributed by atoms with Gasteiger partial charge < -0.3 is 15.2 Å². The van der Waals surface area contributed by atoms with Gasteiger partial charge >= 0.3 is 0 Å². The van der Waals surface area contributed by atoms with Crippen molar-refractivity contribution >= 4 is 11.6 Å². The molecule has 2 rings (SSSR count). The fourth-order valence-electron chi connectivity index (χ4n) is 1.98. The second-order valence-electron chi connectivity index (χ2n) is 4.44. The van der Waals surface area contributed by atoms with Gasteiger partial charge in [-0.05, 0) is 23.8 Å². The lowest BCUT2D eigenvalue weighted by atomic mass is 10.0. The predicted octanol–water partition coefficient (Wildman–Crippen LogP) is 3.47. The maximum atomic E-state index is 6.20. The quantitative estimate of drug-likeness (QED) is 0.886. The van der Waals surface area contributed by atoms with Crippen LogP contribution >= 0.6 is 11.6 Å². The van der Waals surface area contributed by atoms with Gasteiger partial charge in [0.1, 0.15) is 11.5 Å². The second kappa shape index (κ2) is 7.17. The van der Waals surface area contributed by atoms with Gasteiger partial charge in [0.15, 0.2) is 0 Å². The third-order valence-corrected chi connectivity index (χ3v) is 3.47. The molecule has 2 N–H and O–H groups in total. The van der Waals surface area contributed by atoms with E-state index < -0.39 is 0 Å². The van der Waals surface area contributed by atoms with Crippen LogP contribution in [-0.4, -0.2) is 20.3 Å². The summed E-state index contributed by atoms with van der Waals surface area (Å²) < 4.78 is 11.0. The Morgan fingerprint density at radius 1 is 1.10 bits per heavy atom. The van der Waals surface area contributed by atoms with Crippen molar-refractivity contribution in [2.45, 2.75) is 5.92 Å². The molecule has 0 fully saturated rings. The maximum Gasteiger partial charge on any atom is 0.123 e. The van der Waals surface area contributed by atoms with Crippen LogP contribution in [0.4, 0.5) is 0 Å². The summed E-state index contributed by atoms with van der Waals surface area (Å²) in [6, 6.07) is 15.2. The Kier molecular flexibility index (Phi) is 5.27. The van der Waals surface area contributed by atoms with Gasteiger partial charge in [0.05, 0.1) is 13.7 Å². The first-order chi connectivity index (χ1) is 9.74. The van der Waals surface area contributed by atoms with Crippen molar-refractivity contribution in [3.63, 3.8) is 0 Å². The number of methoxy groups -OCH3 is 1. The van der Waals surface area contributed by atoms with Crippen LogP contribution in [0.5, 0.6) is 11.5 Å². The van der Waals surface area contributed by atoms with Crippen molar-refractivity contribution in [2.75, 3.05) is 20.3 Å². The molecule has 0 aliphatic heterocycles. The lowest BCUT2D eigenvalue weighted by Crippen LogP contribution is -2.20. The molecule has 106 valence electrons. The Balaban J connectivity index is 2.06. The summed E-state index contributed by atoms with van der Waals surface area (Å²) >= 11 is 6.20. The topological polar surface area (TPSA) is 44.5 Å². The zero-order chi connectivity index (χ0) is 14.4. The number of ether oxygens (including phenoxy) is 2. The van der Waals surface area contributed by atoms with Gasteiger partial charge in [-0.3, -0.25) is 0 Å². The van der Waals surface area contributed by atoms with E-state index in [0.717, 1.165) is 22.1 Å². The molecular weight excluding hydrogens is 274 g/mol. The predicted molar refractivity (Wildman–Crippen MR) is 81.7 cm³/mol. The number of hydrogen-bond donors (Lipinski definition) is 1. The van der Waals surface area contributed by atoms with Gasteiger partial charge in [0, 0.05) is 23.6 Å². The van der Waals surface area contributed by atoms with Gasteiger partial charge in [-0.25, -0.2) is 0 Å². The first-order valence-corrected chi connectivity index (χ1v) is 6.83. The third kappa shape index (κ3) is 3.65. The zero-order valence-corrected chi connectivity index (χ0v) is 12.1. The van der Waals surface area contributed by atoms with E-state index >= 15 is 0 Å². The highest BCUT2D eigenvalue weighted by Gasteiger charge is 2.13. The Morgan fingerprint density at radius 2 is 1.85 bits per heavy atom. The minimum Gasteiger partial charge on any atom is -0.497 e. The number of rotatable bonds is 6. The van der Waals surface area contributed by atoms with E-state index in [9.17, 15) is 0 Å². The minimum absolute atomic E-state index is 0.0647. The normalized spacial score (nSPS) is 11.9. The number of benzene rings is 2. The summed E-state index contributed by atoms with van der Waals surface area (Å²) in [5.41, 5.74) is 6.84. The smallest absolute Gasteiger partial charge is 0.123 e. The van der Waals surface area contributed by atoms with Crippen LogP contribution < -0.4 is 15.2 Å². The van der Waals surface area contributed by atoms with Crippen LogP contribution in [0.15, 0.2) is 48.5 Å². The molecule has 0 saturated carbocycles. The van der Waals surface area contributed by atoms with E-state index in [-0.39, 0.29) is 5.92 Å². The maximum absolute atomic E-state index is 6.20. The molecular formula is C16H18ClNO2. The van der Waals surface area contributed by atoms with E-state index in [1.165, 1.54) is 0 Å². The third-order valence-electron chi connectivity index (χ3n) is 3.12. The van der Waals surface area contributed by atoms with Gasteiger partial charge in [-0.2, -0.15) is 0 Å². The van der Waals surface area contributed by atoms with Crippen LogP contribution in [-0.2, 0) is 0 Å². The van der Waals surface area contributed by atoms with Gasteiger partial charge in [0.25, 0.3) is 0 Å². The summed E-state index contributed by atoms with van der Waals surface area (Å²) in [7, 11) is 1.63. The van der Waals surface area contributed by atoms with Gasteiger partial charge in [0.2, 0.25) is 0 Å². The average Bonchev–Trinajstić information content (AvgIpc) is 2.49. The molecule has 0 aliphatic carbocycles. The number of nitrogens with two attached hydrogens (primary N) is 1. The fraction of sp³-hybridized carbons (Fsp3) is 0.250. The summed E-state index contributed by atoms with van der Waals surface area (Å²) in [4.78, 5) is 0. The molecule has 0 amide bonds. The van der Waals surface area contributed by atoms with Crippen molar-refractivity contribution < 1.29 is 9.47 Å². The summed E-state index contributed by atoms with van der Waals surface area (Å²) in [6.45, 7) is 0.959. The molecule has 3 nitrogen and oxygen atoms in total. The molecule has 2 aromatic carbocycles. The van der Waals surface area contributed by atoms with E-state index in [4.69, 9.17) is 26.8 Å². The van der Waals surface area contributed by atoms with Crippen molar-refractivity contribution in [2.24, 2.45) is 5.73 Å².